The van der Waals surface area contributed by atoms with Crippen LogP contribution in [-0.2, 0) is 11.2 Å². The molecule has 0 aliphatic rings. The van der Waals surface area contributed by atoms with E-state index in [1.807, 2.05) is 18.2 Å². The van der Waals surface area contributed by atoms with Gasteiger partial charge in [0.15, 0.2) is 0 Å². The third-order valence-electron chi connectivity index (χ3n) is 2.88. The minimum Gasteiger partial charge on any atom is -0.481 e. The number of para-hydroxylation sites is 1. The summed E-state index contributed by atoms with van der Waals surface area (Å²) in [7, 11) is 0. The lowest BCUT2D eigenvalue weighted by atomic mass is 10.0. The van der Waals surface area contributed by atoms with Gasteiger partial charge in [-0.3, -0.25) is 9.89 Å². The number of carboxylic acids is 1. The molecule has 4 heteroatoms. The van der Waals surface area contributed by atoms with Crippen LogP contribution in [0, 0.1) is 0 Å². The molecule has 2 N–H and O–H groups in total. The van der Waals surface area contributed by atoms with Crippen LogP contribution in [0.3, 0.4) is 0 Å². The number of carbonyl (C=O) groups is 1. The summed E-state index contributed by atoms with van der Waals surface area (Å²) < 4.78 is 0. The Hall–Kier alpha value is -1.84. The number of fused-ring (bicyclic) bond motifs is 1. The molecule has 0 saturated carbocycles. The maximum Gasteiger partial charge on any atom is 0.303 e. The number of hydrogen-bond acceptors (Lipinski definition) is 2. The van der Waals surface area contributed by atoms with Crippen molar-refractivity contribution in [2.75, 3.05) is 0 Å². The fourth-order valence-corrected chi connectivity index (χ4v) is 2.00. The van der Waals surface area contributed by atoms with Gasteiger partial charge >= 0.3 is 5.97 Å². The van der Waals surface area contributed by atoms with Crippen LogP contribution in [0.25, 0.3) is 10.9 Å². The Balaban J connectivity index is 2.41. The third kappa shape index (κ3) is 2.30. The average molecular weight is 232 g/mol. The number of H-pyrrole nitrogens is 1. The van der Waals surface area contributed by atoms with E-state index in [4.69, 9.17) is 5.11 Å². The molecular weight excluding hydrogens is 216 g/mol. The molecule has 0 saturated heterocycles. The van der Waals surface area contributed by atoms with E-state index >= 15 is 0 Å². The zero-order valence-electron chi connectivity index (χ0n) is 10.0. The highest BCUT2D eigenvalue weighted by Crippen LogP contribution is 2.25. The van der Waals surface area contributed by atoms with Gasteiger partial charge in [0, 0.05) is 17.5 Å². The smallest absolute Gasteiger partial charge is 0.303 e. The monoisotopic (exact) mass is 232 g/mol. The summed E-state index contributed by atoms with van der Waals surface area (Å²) in [5.41, 5.74) is 3.00. The molecule has 0 aliphatic carbocycles. The van der Waals surface area contributed by atoms with Gasteiger partial charge in [-0.05, 0) is 17.9 Å². The number of aryl methyl sites for hydroxylation is 1. The number of aliphatic carboxylic acids is 1. The van der Waals surface area contributed by atoms with Crippen molar-refractivity contribution in [1.82, 2.24) is 10.2 Å². The Bertz CT molecular complexity index is 543. The van der Waals surface area contributed by atoms with E-state index in [0.717, 1.165) is 22.2 Å². The first kappa shape index (κ1) is 11.6. The summed E-state index contributed by atoms with van der Waals surface area (Å²) in [5.74, 6) is -0.392. The molecule has 0 amide bonds. The minimum absolute atomic E-state index is 0.142. The summed E-state index contributed by atoms with van der Waals surface area (Å²) in [6.45, 7) is 4.22. The summed E-state index contributed by atoms with van der Waals surface area (Å²) >= 11 is 0. The van der Waals surface area contributed by atoms with Crippen molar-refractivity contribution >= 4 is 16.9 Å². The maximum atomic E-state index is 10.6. The van der Waals surface area contributed by atoms with Gasteiger partial charge in [0.25, 0.3) is 0 Å². The number of aromatic nitrogens is 2. The molecule has 4 nitrogen and oxygen atoms in total. The highest BCUT2D eigenvalue weighted by Gasteiger charge is 2.11. The van der Waals surface area contributed by atoms with Crippen LogP contribution >= 0.6 is 0 Å². The predicted molar refractivity (Wildman–Crippen MR) is 66.1 cm³/mol. The van der Waals surface area contributed by atoms with Gasteiger partial charge in [-0.15, -0.1) is 0 Å². The van der Waals surface area contributed by atoms with Gasteiger partial charge in [0.05, 0.1) is 5.52 Å². The molecule has 0 spiro atoms. The van der Waals surface area contributed by atoms with Crippen molar-refractivity contribution in [1.29, 1.82) is 0 Å². The van der Waals surface area contributed by atoms with Crippen LogP contribution in [0.2, 0.25) is 0 Å². The zero-order valence-corrected chi connectivity index (χ0v) is 10.0. The molecule has 0 fully saturated rings. The van der Waals surface area contributed by atoms with E-state index in [2.05, 4.69) is 24.0 Å². The molecular formula is C13H16N2O2. The Kier molecular flexibility index (Phi) is 3.13. The average Bonchev–Trinajstić information content (AvgIpc) is 2.70. The second-order valence-electron chi connectivity index (χ2n) is 4.50. The normalized spacial score (nSPS) is 11.2. The van der Waals surface area contributed by atoms with Gasteiger partial charge in [-0.2, -0.15) is 5.10 Å². The number of hydrogen-bond donors (Lipinski definition) is 2. The lowest BCUT2D eigenvalue weighted by molar-refractivity contribution is -0.136. The quantitative estimate of drug-likeness (QED) is 0.851. The van der Waals surface area contributed by atoms with E-state index in [9.17, 15) is 4.79 Å². The second kappa shape index (κ2) is 4.57. The van der Waals surface area contributed by atoms with E-state index in [0.29, 0.717) is 12.3 Å². The zero-order chi connectivity index (χ0) is 12.4. The van der Waals surface area contributed by atoms with Crippen molar-refractivity contribution < 1.29 is 9.90 Å². The largest absolute Gasteiger partial charge is 0.481 e. The van der Waals surface area contributed by atoms with Crippen molar-refractivity contribution in [3.63, 3.8) is 0 Å². The number of nitrogens with one attached hydrogen (secondary N) is 1. The molecule has 1 heterocycles. The van der Waals surface area contributed by atoms with Crippen molar-refractivity contribution in [2.45, 2.75) is 32.6 Å². The Labute approximate surface area is 99.7 Å². The van der Waals surface area contributed by atoms with Crippen LogP contribution in [-0.4, -0.2) is 21.3 Å². The van der Waals surface area contributed by atoms with Crippen molar-refractivity contribution in [2.24, 2.45) is 0 Å². The summed E-state index contributed by atoms with van der Waals surface area (Å²) in [4.78, 5) is 10.6. The topological polar surface area (TPSA) is 66.0 Å². The van der Waals surface area contributed by atoms with Crippen LogP contribution in [0.4, 0.5) is 0 Å². The Morgan fingerprint density at radius 2 is 2.24 bits per heavy atom. The summed E-state index contributed by atoms with van der Waals surface area (Å²) in [6, 6.07) is 5.93. The first-order valence-electron chi connectivity index (χ1n) is 5.77. The minimum atomic E-state index is -0.776. The van der Waals surface area contributed by atoms with Crippen molar-refractivity contribution in [3.05, 3.63) is 29.5 Å². The summed E-state index contributed by atoms with van der Waals surface area (Å²) in [5, 5.41) is 17.2. The van der Waals surface area contributed by atoms with Crippen LogP contribution in [0.5, 0.6) is 0 Å². The molecule has 1 aromatic heterocycles. The van der Waals surface area contributed by atoms with Gasteiger partial charge < -0.3 is 5.11 Å². The predicted octanol–water partition coefficient (Wildman–Crippen LogP) is 2.70. The Morgan fingerprint density at radius 3 is 2.88 bits per heavy atom. The molecule has 1 aromatic carbocycles. The number of carboxylic acid groups (broad SMARTS) is 1. The van der Waals surface area contributed by atoms with Crippen molar-refractivity contribution in [3.8, 4) is 0 Å². The lowest BCUT2D eigenvalue weighted by Crippen LogP contribution is -1.98. The number of aromatic amines is 1. The van der Waals surface area contributed by atoms with E-state index < -0.39 is 5.97 Å². The van der Waals surface area contributed by atoms with E-state index in [1.54, 1.807) is 0 Å². The van der Waals surface area contributed by atoms with Gasteiger partial charge in [-0.1, -0.05) is 32.0 Å². The SMILES string of the molecule is CC(C)c1[nH]nc2c(CCC(=O)O)cccc12. The maximum absolute atomic E-state index is 10.6. The third-order valence-corrected chi connectivity index (χ3v) is 2.88. The van der Waals surface area contributed by atoms with Gasteiger partial charge in [0.2, 0.25) is 0 Å². The molecule has 0 aliphatic heterocycles. The highest BCUT2D eigenvalue weighted by molar-refractivity contribution is 5.85. The molecule has 0 unspecified atom stereocenters. The molecule has 17 heavy (non-hydrogen) atoms. The molecule has 2 aromatic rings. The fraction of sp³-hybridized carbons (Fsp3) is 0.385. The Morgan fingerprint density at radius 1 is 1.47 bits per heavy atom. The number of nitrogens with zero attached hydrogens (tertiary/aromatic N) is 1. The highest BCUT2D eigenvalue weighted by atomic mass is 16.4. The molecule has 90 valence electrons. The molecule has 2 rings (SSSR count). The fourth-order valence-electron chi connectivity index (χ4n) is 2.00. The second-order valence-corrected chi connectivity index (χ2v) is 4.50. The first-order valence-corrected chi connectivity index (χ1v) is 5.77. The van der Waals surface area contributed by atoms with Crippen LogP contribution < -0.4 is 0 Å². The van der Waals surface area contributed by atoms with Crippen LogP contribution in [0.1, 0.15) is 37.4 Å². The summed E-state index contributed by atoms with van der Waals surface area (Å²) in [6.07, 6.45) is 0.665. The van der Waals surface area contributed by atoms with Gasteiger partial charge in [-0.25, -0.2) is 0 Å². The lowest BCUT2D eigenvalue weighted by Gasteiger charge is -2.03. The van der Waals surface area contributed by atoms with Gasteiger partial charge in [0.1, 0.15) is 0 Å². The van der Waals surface area contributed by atoms with Crippen LogP contribution in [0.15, 0.2) is 18.2 Å². The van der Waals surface area contributed by atoms with E-state index in [1.165, 1.54) is 0 Å². The molecule has 0 atom stereocenters. The molecule has 0 bridgehead atoms. The standard InChI is InChI=1S/C13H16N2O2/c1-8(2)12-10-5-3-4-9(6-7-11(16)17)13(10)15-14-12/h3-5,8H,6-7H2,1-2H3,(H,14,15)(H,16,17). The first-order chi connectivity index (χ1) is 8.09. The number of benzene rings is 1. The molecule has 0 radical (unpaired) electrons. The van der Waals surface area contributed by atoms with E-state index in [-0.39, 0.29) is 6.42 Å². The number of rotatable bonds is 4.